The Hall–Kier alpha value is -2.32. The summed E-state index contributed by atoms with van der Waals surface area (Å²) >= 11 is 0. The Morgan fingerprint density at radius 1 is 0.696 bits per heavy atom. The predicted octanol–water partition coefficient (Wildman–Crippen LogP) is -3.88. The zero-order valence-electron chi connectivity index (χ0n) is 12.0. The number of rotatable bonds is 10. The molecule has 13 heteroatoms. The summed E-state index contributed by atoms with van der Waals surface area (Å²) < 4.78 is 0. The molecule has 1 aromatic heterocycles. The van der Waals surface area contributed by atoms with E-state index in [0.29, 0.717) is 0 Å². The van der Waals surface area contributed by atoms with E-state index in [1.807, 2.05) is 0 Å². The van der Waals surface area contributed by atoms with Crippen molar-refractivity contribution in [2.75, 3.05) is 54.9 Å². The molecule has 0 saturated heterocycles. The highest BCUT2D eigenvalue weighted by Crippen LogP contribution is 2.18. The van der Waals surface area contributed by atoms with Gasteiger partial charge in [0.2, 0.25) is 17.8 Å². The number of anilines is 3. The molecule has 130 valence electrons. The maximum absolute atomic E-state index is 10.8. The Morgan fingerprint density at radius 3 is 1.26 bits per heavy atom. The van der Waals surface area contributed by atoms with Crippen molar-refractivity contribution in [3.05, 3.63) is 0 Å². The van der Waals surface area contributed by atoms with Crippen LogP contribution < -0.4 is 14.7 Å². The van der Waals surface area contributed by atoms with Crippen molar-refractivity contribution in [3.8, 4) is 0 Å². The highest BCUT2D eigenvalue weighted by molar-refractivity contribution is 5.72. The molecular weight excluding hydrogens is 316 g/mol. The zero-order valence-corrected chi connectivity index (χ0v) is 12.0. The van der Waals surface area contributed by atoms with Crippen LogP contribution in [0.1, 0.15) is 0 Å². The van der Waals surface area contributed by atoms with Gasteiger partial charge in [-0.15, -0.1) is 0 Å². The van der Waals surface area contributed by atoms with E-state index in [1.165, 1.54) is 0 Å². The second kappa shape index (κ2) is 8.96. The van der Waals surface area contributed by atoms with Crippen molar-refractivity contribution >= 4 is 23.8 Å². The molecule has 0 atom stereocenters. The average molecular weight is 334 g/mol. The van der Waals surface area contributed by atoms with Crippen molar-refractivity contribution in [2.45, 2.75) is 0 Å². The Morgan fingerprint density at radius 2 is 1.00 bits per heavy atom. The van der Waals surface area contributed by atoms with Gasteiger partial charge in [-0.25, -0.2) is 0 Å². The van der Waals surface area contributed by atoms with E-state index in [2.05, 4.69) is 15.0 Å². The van der Waals surface area contributed by atoms with E-state index in [9.17, 15) is 9.90 Å². The summed E-state index contributed by atoms with van der Waals surface area (Å²) in [6.45, 7) is -3.99. The van der Waals surface area contributed by atoms with Crippen LogP contribution in [-0.2, 0) is 4.79 Å². The summed E-state index contributed by atoms with van der Waals surface area (Å²) in [5, 5.41) is 54.7. The van der Waals surface area contributed by atoms with E-state index in [0.717, 1.165) is 14.7 Å². The van der Waals surface area contributed by atoms with Gasteiger partial charge in [0.1, 0.15) is 40.2 Å². The van der Waals surface area contributed by atoms with Gasteiger partial charge in [-0.3, -0.25) is 14.6 Å². The van der Waals surface area contributed by atoms with Crippen LogP contribution in [0.2, 0.25) is 0 Å². The molecule has 0 unspecified atom stereocenters. The van der Waals surface area contributed by atoms with Gasteiger partial charge in [0.15, 0.2) is 0 Å². The lowest BCUT2D eigenvalue weighted by molar-refractivity contribution is -0.135. The van der Waals surface area contributed by atoms with E-state index >= 15 is 0 Å². The van der Waals surface area contributed by atoms with Crippen molar-refractivity contribution in [1.29, 1.82) is 0 Å². The summed E-state index contributed by atoms with van der Waals surface area (Å²) in [5.74, 6) is -2.03. The third kappa shape index (κ3) is 4.83. The standard InChI is InChI=1S/C10H18N6O7/c17-2-14(1-7(22)23)8-11-9(15(3-18)4-19)13-10(12-8)16(5-20)6-21/h17-21H,1-6H2,(H,22,23). The number of carboxylic acid groups (broad SMARTS) is 1. The third-order valence-corrected chi connectivity index (χ3v) is 2.63. The SMILES string of the molecule is O=C(O)CN(CO)c1nc(N(CO)CO)nc(N(CO)CO)n1. The molecule has 23 heavy (non-hydrogen) atoms. The lowest BCUT2D eigenvalue weighted by Gasteiger charge is -2.24. The largest absolute Gasteiger partial charge is 0.480 e. The Balaban J connectivity index is 3.34. The number of carboxylic acids is 1. The quantitative estimate of drug-likeness (QED) is 0.228. The van der Waals surface area contributed by atoms with Crippen LogP contribution in [0.25, 0.3) is 0 Å². The fourth-order valence-electron chi connectivity index (χ4n) is 1.46. The minimum absolute atomic E-state index is 0.245. The van der Waals surface area contributed by atoms with Crippen LogP contribution in [0, 0.1) is 0 Å². The van der Waals surface area contributed by atoms with Gasteiger partial charge in [-0.05, 0) is 0 Å². The molecule has 0 radical (unpaired) electrons. The highest BCUT2D eigenvalue weighted by atomic mass is 16.4. The molecule has 0 amide bonds. The molecule has 1 aromatic rings. The van der Waals surface area contributed by atoms with Gasteiger partial charge < -0.3 is 35.5 Å². The number of hydrogen-bond acceptors (Lipinski definition) is 12. The minimum Gasteiger partial charge on any atom is -0.480 e. The summed E-state index contributed by atoms with van der Waals surface area (Å²) in [7, 11) is 0. The van der Waals surface area contributed by atoms with Crippen molar-refractivity contribution in [1.82, 2.24) is 15.0 Å². The summed E-state index contributed by atoms with van der Waals surface area (Å²) in [6.07, 6.45) is 0. The fourth-order valence-corrected chi connectivity index (χ4v) is 1.46. The average Bonchev–Trinajstić information content (AvgIpc) is 2.54. The first kappa shape index (κ1) is 18.7. The first-order valence-electron chi connectivity index (χ1n) is 6.27. The maximum Gasteiger partial charge on any atom is 0.323 e. The molecule has 0 saturated carbocycles. The minimum atomic E-state index is -1.26. The van der Waals surface area contributed by atoms with E-state index in [4.69, 9.17) is 25.5 Å². The third-order valence-electron chi connectivity index (χ3n) is 2.63. The topological polar surface area (TPSA) is 187 Å². The van der Waals surface area contributed by atoms with Gasteiger partial charge in [0.25, 0.3) is 0 Å². The maximum atomic E-state index is 10.8. The van der Waals surface area contributed by atoms with Gasteiger partial charge in [0, 0.05) is 0 Å². The van der Waals surface area contributed by atoms with Gasteiger partial charge in [-0.1, -0.05) is 0 Å². The summed E-state index contributed by atoms with van der Waals surface area (Å²) in [4.78, 5) is 25.0. The molecule has 6 N–H and O–H groups in total. The zero-order chi connectivity index (χ0) is 17.4. The van der Waals surface area contributed by atoms with E-state index in [1.54, 1.807) is 0 Å². The molecule has 13 nitrogen and oxygen atoms in total. The van der Waals surface area contributed by atoms with Gasteiger partial charge >= 0.3 is 5.97 Å². The molecule has 0 aliphatic heterocycles. The van der Waals surface area contributed by atoms with Crippen molar-refractivity contribution in [3.63, 3.8) is 0 Å². The number of hydrogen-bond donors (Lipinski definition) is 6. The molecule has 1 rings (SSSR count). The smallest absolute Gasteiger partial charge is 0.323 e. The number of aliphatic hydroxyl groups is 5. The van der Waals surface area contributed by atoms with Crippen molar-refractivity contribution < 1.29 is 35.4 Å². The van der Waals surface area contributed by atoms with Crippen molar-refractivity contribution in [2.24, 2.45) is 0 Å². The number of aliphatic hydroxyl groups excluding tert-OH is 5. The van der Waals surface area contributed by atoms with Crippen LogP contribution in [0.4, 0.5) is 17.8 Å². The number of carbonyl (C=O) groups is 1. The second-order valence-electron chi connectivity index (χ2n) is 4.11. The van der Waals surface area contributed by atoms with Gasteiger partial charge in [-0.2, -0.15) is 15.0 Å². The lowest BCUT2D eigenvalue weighted by Crippen LogP contribution is -2.35. The Kier molecular flexibility index (Phi) is 7.30. The van der Waals surface area contributed by atoms with Crippen LogP contribution in [0.5, 0.6) is 0 Å². The number of aromatic nitrogens is 3. The first-order valence-corrected chi connectivity index (χ1v) is 6.27. The molecule has 0 aliphatic rings. The Labute approximate surface area is 130 Å². The number of aliphatic carboxylic acids is 1. The van der Waals surface area contributed by atoms with Crippen LogP contribution in [-0.4, -0.2) is 91.8 Å². The van der Waals surface area contributed by atoms with Crippen LogP contribution >= 0.6 is 0 Å². The molecular formula is C10H18N6O7. The molecule has 0 spiro atoms. The number of nitrogens with zero attached hydrogens (tertiary/aromatic N) is 6. The Bertz CT molecular complexity index is 480. The van der Waals surface area contributed by atoms with E-state index in [-0.39, 0.29) is 17.8 Å². The first-order chi connectivity index (χ1) is 11.0. The highest BCUT2D eigenvalue weighted by Gasteiger charge is 2.20. The molecule has 0 aliphatic carbocycles. The monoisotopic (exact) mass is 334 g/mol. The van der Waals surface area contributed by atoms with Gasteiger partial charge in [0.05, 0.1) is 0 Å². The molecule has 0 fully saturated rings. The van der Waals surface area contributed by atoms with Crippen LogP contribution in [0.3, 0.4) is 0 Å². The molecule has 0 bridgehead atoms. The van der Waals surface area contributed by atoms with E-state index < -0.39 is 46.2 Å². The normalized spacial score (nSPS) is 10.5. The molecule has 0 aromatic carbocycles. The second-order valence-corrected chi connectivity index (χ2v) is 4.11. The summed E-state index contributed by atoms with van der Waals surface area (Å²) in [6, 6.07) is 0. The predicted molar refractivity (Wildman–Crippen MR) is 75.2 cm³/mol. The molecule has 1 heterocycles. The van der Waals surface area contributed by atoms with Crippen LogP contribution in [0.15, 0.2) is 0 Å². The fraction of sp³-hybridized carbons (Fsp3) is 0.600. The summed E-state index contributed by atoms with van der Waals surface area (Å²) in [5.41, 5.74) is 0. The lowest BCUT2D eigenvalue weighted by atomic mass is 10.5.